The minimum atomic E-state index is -0.712. The van der Waals surface area contributed by atoms with Crippen molar-refractivity contribution in [1.82, 2.24) is 4.57 Å². The number of fused-ring (bicyclic) bond motifs is 1. The number of carboxylic acids is 1. The summed E-state index contributed by atoms with van der Waals surface area (Å²) in [6.45, 7) is 5.54. The second-order valence-electron chi connectivity index (χ2n) is 5.75. The van der Waals surface area contributed by atoms with E-state index in [4.69, 9.17) is 5.11 Å². The molecule has 114 valence electrons. The Hall–Kier alpha value is -1.77. The van der Waals surface area contributed by atoms with Crippen molar-refractivity contribution in [2.45, 2.75) is 52.5 Å². The Morgan fingerprint density at radius 1 is 1.24 bits per heavy atom. The van der Waals surface area contributed by atoms with E-state index in [0.717, 1.165) is 13.0 Å². The normalized spacial score (nSPS) is 11.4. The van der Waals surface area contributed by atoms with Gasteiger partial charge in [-0.25, -0.2) is 0 Å². The SMILES string of the molecule is CCC(CC)Cn1cc(CCCC(=O)O)c2ccccc21. The van der Waals surface area contributed by atoms with E-state index in [0.29, 0.717) is 12.3 Å². The van der Waals surface area contributed by atoms with Gasteiger partial charge in [0, 0.05) is 30.1 Å². The fraction of sp³-hybridized carbons (Fsp3) is 0.500. The molecule has 21 heavy (non-hydrogen) atoms. The Kier molecular flexibility index (Phi) is 5.43. The molecule has 0 bridgehead atoms. The summed E-state index contributed by atoms with van der Waals surface area (Å²) >= 11 is 0. The monoisotopic (exact) mass is 287 g/mol. The van der Waals surface area contributed by atoms with E-state index in [2.05, 4.69) is 48.9 Å². The van der Waals surface area contributed by atoms with Crippen molar-refractivity contribution in [3.63, 3.8) is 0 Å². The van der Waals surface area contributed by atoms with Crippen LogP contribution in [0.4, 0.5) is 0 Å². The third kappa shape index (κ3) is 3.87. The molecule has 0 saturated heterocycles. The number of para-hydroxylation sites is 1. The predicted octanol–water partition coefficient (Wildman–Crippen LogP) is 4.48. The topological polar surface area (TPSA) is 42.2 Å². The molecule has 2 aromatic rings. The number of nitrogens with zero attached hydrogens (tertiary/aromatic N) is 1. The molecule has 0 aliphatic rings. The zero-order chi connectivity index (χ0) is 15.2. The Balaban J connectivity index is 2.23. The van der Waals surface area contributed by atoms with Crippen LogP contribution in [0.2, 0.25) is 0 Å². The van der Waals surface area contributed by atoms with Gasteiger partial charge in [0.25, 0.3) is 0 Å². The van der Waals surface area contributed by atoms with Crippen molar-refractivity contribution in [2.75, 3.05) is 0 Å². The Morgan fingerprint density at radius 3 is 2.62 bits per heavy atom. The largest absolute Gasteiger partial charge is 0.481 e. The fourth-order valence-corrected chi connectivity index (χ4v) is 2.93. The highest BCUT2D eigenvalue weighted by atomic mass is 16.4. The summed E-state index contributed by atoms with van der Waals surface area (Å²) in [5, 5.41) is 10.1. The van der Waals surface area contributed by atoms with Gasteiger partial charge in [-0.1, -0.05) is 44.9 Å². The van der Waals surface area contributed by atoms with Gasteiger partial charge < -0.3 is 9.67 Å². The van der Waals surface area contributed by atoms with Gasteiger partial charge in [-0.15, -0.1) is 0 Å². The van der Waals surface area contributed by atoms with E-state index >= 15 is 0 Å². The summed E-state index contributed by atoms with van der Waals surface area (Å²) in [6, 6.07) is 8.45. The predicted molar refractivity (Wildman–Crippen MR) is 86.6 cm³/mol. The molecule has 0 aliphatic carbocycles. The minimum Gasteiger partial charge on any atom is -0.481 e. The third-order valence-corrected chi connectivity index (χ3v) is 4.32. The molecule has 3 nitrogen and oxygen atoms in total. The lowest BCUT2D eigenvalue weighted by Gasteiger charge is -2.14. The Morgan fingerprint density at radius 2 is 1.95 bits per heavy atom. The standard InChI is InChI=1S/C18H25NO2/c1-3-14(4-2)12-19-13-15(8-7-11-18(20)21)16-9-5-6-10-17(16)19/h5-6,9-10,13-14H,3-4,7-8,11-12H2,1-2H3,(H,20,21). The molecular weight excluding hydrogens is 262 g/mol. The average Bonchev–Trinajstić information content (AvgIpc) is 2.83. The van der Waals surface area contributed by atoms with Gasteiger partial charge in [-0.05, 0) is 30.4 Å². The number of aryl methyl sites for hydroxylation is 1. The molecule has 1 N–H and O–H groups in total. The van der Waals surface area contributed by atoms with Gasteiger partial charge >= 0.3 is 5.97 Å². The first kappa shape index (κ1) is 15.6. The van der Waals surface area contributed by atoms with E-state index in [1.54, 1.807) is 0 Å². The summed E-state index contributed by atoms with van der Waals surface area (Å²) in [5.41, 5.74) is 2.55. The van der Waals surface area contributed by atoms with Crippen molar-refractivity contribution in [1.29, 1.82) is 0 Å². The number of aliphatic carboxylic acids is 1. The summed E-state index contributed by atoms with van der Waals surface area (Å²) in [6.07, 6.45) is 6.39. The van der Waals surface area contributed by atoms with Crippen molar-refractivity contribution >= 4 is 16.9 Å². The van der Waals surface area contributed by atoms with Gasteiger partial charge in [-0.2, -0.15) is 0 Å². The molecule has 3 heteroatoms. The molecule has 0 atom stereocenters. The van der Waals surface area contributed by atoms with Crippen molar-refractivity contribution in [2.24, 2.45) is 5.92 Å². The highest BCUT2D eigenvalue weighted by Crippen LogP contribution is 2.25. The number of benzene rings is 1. The molecule has 2 rings (SSSR count). The van der Waals surface area contributed by atoms with Crippen LogP contribution in [0.1, 0.15) is 45.1 Å². The summed E-state index contributed by atoms with van der Waals surface area (Å²) in [5.74, 6) is -0.0107. The van der Waals surface area contributed by atoms with Gasteiger partial charge in [0.15, 0.2) is 0 Å². The van der Waals surface area contributed by atoms with E-state index in [1.165, 1.54) is 29.3 Å². The maximum atomic E-state index is 10.7. The van der Waals surface area contributed by atoms with Crippen molar-refractivity contribution in [3.05, 3.63) is 36.0 Å². The molecule has 0 fully saturated rings. The molecule has 0 saturated carbocycles. The molecule has 0 radical (unpaired) electrons. The summed E-state index contributed by atoms with van der Waals surface area (Å²) < 4.78 is 2.35. The highest BCUT2D eigenvalue weighted by molar-refractivity contribution is 5.84. The molecule has 1 aromatic heterocycles. The van der Waals surface area contributed by atoms with Crippen molar-refractivity contribution < 1.29 is 9.90 Å². The second kappa shape index (κ2) is 7.30. The molecule has 0 unspecified atom stereocenters. The second-order valence-corrected chi connectivity index (χ2v) is 5.75. The maximum absolute atomic E-state index is 10.7. The van der Waals surface area contributed by atoms with Crippen LogP contribution >= 0.6 is 0 Å². The number of carboxylic acid groups (broad SMARTS) is 1. The number of carbonyl (C=O) groups is 1. The van der Waals surface area contributed by atoms with E-state index in [-0.39, 0.29) is 6.42 Å². The Labute approximate surface area is 126 Å². The number of hydrogen-bond acceptors (Lipinski definition) is 1. The van der Waals surface area contributed by atoms with Crippen LogP contribution in [0.5, 0.6) is 0 Å². The van der Waals surface area contributed by atoms with Crippen LogP contribution < -0.4 is 0 Å². The Bertz CT molecular complexity index is 596. The first-order valence-electron chi connectivity index (χ1n) is 7.94. The first-order chi connectivity index (χ1) is 10.2. The third-order valence-electron chi connectivity index (χ3n) is 4.32. The van der Waals surface area contributed by atoms with Crippen LogP contribution in [-0.4, -0.2) is 15.6 Å². The number of rotatable bonds is 8. The fourth-order valence-electron chi connectivity index (χ4n) is 2.93. The van der Waals surface area contributed by atoms with Gasteiger partial charge in [-0.3, -0.25) is 4.79 Å². The van der Waals surface area contributed by atoms with Gasteiger partial charge in [0.2, 0.25) is 0 Å². The van der Waals surface area contributed by atoms with Crippen molar-refractivity contribution in [3.8, 4) is 0 Å². The zero-order valence-electron chi connectivity index (χ0n) is 13.0. The molecule has 1 heterocycles. The highest BCUT2D eigenvalue weighted by Gasteiger charge is 2.11. The van der Waals surface area contributed by atoms with E-state index in [9.17, 15) is 4.79 Å². The lowest BCUT2D eigenvalue weighted by atomic mass is 10.0. The van der Waals surface area contributed by atoms with Crippen LogP contribution in [0, 0.1) is 5.92 Å². The van der Waals surface area contributed by atoms with Crippen LogP contribution in [0.25, 0.3) is 10.9 Å². The molecular formula is C18H25NO2. The summed E-state index contributed by atoms with van der Waals surface area (Å²) in [4.78, 5) is 10.7. The molecule has 1 aromatic carbocycles. The zero-order valence-corrected chi connectivity index (χ0v) is 13.0. The summed E-state index contributed by atoms with van der Waals surface area (Å²) in [7, 11) is 0. The first-order valence-corrected chi connectivity index (χ1v) is 7.94. The minimum absolute atomic E-state index is 0.242. The van der Waals surface area contributed by atoms with Crippen LogP contribution in [0.15, 0.2) is 30.5 Å². The molecule has 0 amide bonds. The average molecular weight is 287 g/mol. The lowest BCUT2D eigenvalue weighted by Crippen LogP contribution is -2.08. The smallest absolute Gasteiger partial charge is 0.303 e. The lowest BCUT2D eigenvalue weighted by molar-refractivity contribution is -0.137. The maximum Gasteiger partial charge on any atom is 0.303 e. The van der Waals surface area contributed by atoms with E-state index in [1.807, 2.05) is 0 Å². The number of hydrogen-bond donors (Lipinski definition) is 1. The van der Waals surface area contributed by atoms with Gasteiger partial charge in [0.1, 0.15) is 0 Å². The van der Waals surface area contributed by atoms with Gasteiger partial charge in [0.05, 0.1) is 0 Å². The quantitative estimate of drug-likeness (QED) is 0.777. The van der Waals surface area contributed by atoms with Crippen LogP contribution in [-0.2, 0) is 17.8 Å². The molecule has 0 aliphatic heterocycles. The molecule has 0 spiro atoms. The van der Waals surface area contributed by atoms with E-state index < -0.39 is 5.97 Å². The van der Waals surface area contributed by atoms with Crippen LogP contribution in [0.3, 0.4) is 0 Å². The number of aromatic nitrogens is 1.